The second-order valence-electron chi connectivity index (χ2n) is 2.47. The molecule has 0 radical (unpaired) electrons. The van der Waals surface area contributed by atoms with E-state index < -0.39 is 0 Å². The van der Waals surface area contributed by atoms with Gasteiger partial charge in [0, 0.05) is 22.4 Å². The molecule has 0 N–H and O–H groups in total. The Morgan fingerprint density at radius 3 is 3.17 bits per heavy atom. The number of rotatable bonds is 1. The number of hydrogen-bond donors (Lipinski definition) is 0. The molecular formula is C8H5BrN2O. The Morgan fingerprint density at radius 2 is 2.42 bits per heavy atom. The second-order valence-corrected chi connectivity index (χ2v) is 3.32. The number of carbonyl (C=O) groups excluding carboxylic acids is 1. The van der Waals surface area contributed by atoms with Gasteiger partial charge in [-0.3, -0.25) is 0 Å². The Kier molecular flexibility index (Phi) is 1.77. The molecule has 1 aliphatic heterocycles. The first-order valence-electron chi connectivity index (χ1n) is 3.47. The van der Waals surface area contributed by atoms with Crippen molar-refractivity contribution < 1.29 is 4.79 Å². The molecule has 0 fully saturated rings. The quantitative estimate of drug-likeness (QED) is 0.684. The van der Waals surface area contributed by atoms with Crippen molar-refractivity contribution in [1.29, 1.82) is 0 Å². The van der Waals surface area contributed by atoms with Crippen LogP contribution in [0.4, 0.5) is 5.82 Å². The topological polar surface area (TPSA) is 42.3 Å². The molecule has 2 rings (SSSR count). The highest BCUT2D eigenvalue weighted by atomic mass is 79.9. The molecule has 0 spiro atoms. The lowest BCUT2D eigenvalue weighted by Gasteiger charge is -2.02. The Balaban J connectivity index is 2.61. The third kappa shape index (κ3) is 0.992. The molecule has 60 valence electrons. The minimum absolute atomic E-state index is 0.233. The van der Waals surface area contributed by atoms with Crippen LogP contribution in [0.5, 0.6) is 0 Å². The summed E-state index contributed by atoms with van der Waals surface area (Å²) < 4.78 is 0.891. The van der Waals surface area contributed by atoms with E-state index in [0.29, 0.717) is 5.82 Å². The van der Waals surface area contributed by atoms with Gasteiger partial charge in [0.25, 0.3) is 0 Å². The molecule has 1 unspecified atom stereocenters. The summed E-state index contributed by atoms with van der Waals surface area (Å²) in [5.41, 5.74) is 0.868. The number of carbonyl (C=O) groups is 1. The van der Waals surface area contributed by atoms with Crippen molar-refractivity contribution in [2.24, 2.45) is 4.99 Å². The molecule has 0 bridgehead atoms. The van der Waals surface area contributed by atoms with Crippen LogP contribution in [0.2, 0.25) is 0 Å². The summed E-state index contributed by atoms with van der Waals surface area (Å²) in [5, 5.41) is 0. The van der Waals surface area contributed by atoms with E-state index in [1.807, 2.05) is 6.07 Å². The summed E-state index contributed by atoms with van der Waals surface area (Å²) >= 11 is 3.35. The number of aromatic nitrogens is 1. The number of aldehydes is 1. The number of halogens is 1. The van der Waals surface area contributed by atoms with E-state index in [-0.39, 0.29) is 5.92 Å². The Bertz CT molecular complexity index is 362. The molecule has 3 nitrogen and oxygen atoms in total. The average molecular weight is 225 g/mol. The van der Waals surface area contributed by atoms with E-state index >= 15 is 0 Å². The Morgan fingerprint density at radius 1 is 1.58 bits per heavy atom. The number of fused-ring (bicyclic) bond motifs is 1. The van der Waals surface area contributed by atoms with E-state index in [2.05, 4.69) is 25.9 Å². The zero-order chi connectivity index (χ0) is 8.55. The number of hydrogen-bond acceptors (Lipinski definition) is 3. The smallest absolute Gasteiger partial charge is 0.156 e. The van der Waals surface area contributed by atoms with E-state index in [1.165, 1.54) is 0 Å². The van der Waals surface area contributed by atoms with Crippen LogP contribution in [0, 0.1) is 0 Å². The molecule has 0 saturated heterocycles. The van der Waals surface area contributed by atoms with E-state index in [9.17, 15) is 4.79 Å². The lowest BCUT2D eigenvalue weighted by molar-refractivity contribution is -0.107. The van der Waals surface area contributed by atoms with Crippen molar-refractivity contribution in [3.63, 3.8) is 0 Å². The van der Waals surface area contributed by atoms with Crippen molar-refractivity contribution in [1.82, 2.24) is 4.98 Å². The first-order valence-corrected chi connectivity index (χ1v) is 4.26. The van der Waals surface area contributed by atoms with E-state index in [0.717, 1.165) is 16.3 Å². The number of aliphatic imine (C=N–C) groups is 1. The standard InChI is InChI=1S/C8H5BrN2O/c9-6-1-2-10-8-7(6)5(4-12)3-11-8/h1-5H. The van der Waals surface area contributed by atoms with Gasteiger partial charge >= 0.3 is 0 Å². The van der Waals surface area contributed by atoms with Crippen molar-refractivity contribution in [3.05, 3.63) is 22.3 Å². The first-order chi connectivity index (χ1) is 5.83. The molecule has 0 aromatic carbocycles. The fraction of sp³-hybridized carbons (Fsp3) is 0.125. The highest BCUT2D eigenvalue weighted by Crippen LogP contribution is 2.34. The first kappa shape index (κ1) is 7.61. The van der Waals surface area contributed by atoms with E-state index in [1.54, 1.807) is 12.4 Å². The molecule has 0 saturated carbocycles. The SMILES string of the molecule is O=CC1C=Nc2nccc(Br)c21. The maximum absolute atomic E-state index is 10.6. The minimum Gasteiger partial charge on any atom is -0.302 e. The minimum atomic E-state index is -0.233. The normalized spacial score (nSPS) is 19.2. The van der Waals surface area contributed by atoms with Gasteiger partial charge in [-0.05, 0) is 6.07 Å². The summed E-state index contributed by atoms with van der Waals surface area (Å²) in [6, 6.07) is 1.81. The summed E-state index contributed by atoms with van der Waals surface area (Å²) in [5.74, 6) is 0.407. The molecular weight excluding hydrogens is 220 g/mol. The fourth-order valence-corrected chi connectivity index (χ4v) is 1.74. The molecule has 12 heavy (non-hydrogen) atoms. The van der Waals surface area contributed by atoms with Gasteiger partial charge < -0.3 is 4.79 Å². The summed E-state index contributed by atoms with van der Waals surface area (Å²) in [4.78, 5) is 18.6. The predicted octanol–water partition coefficient (Wildman–Crippen LogP) is 1.84. The summed E-state index contributed by atoms with van der Waals surface area (Å²) in [6.45, 7) is 0. The maximum atomic E-state index is 10.6. The summed E-state index contributed by atoms with van der Waals surface area (Å²) in [6.07, 6.45) is 4.13. The van der Waals surface area contributed by atoms with Crippen LogP contribution >= 0.6 is 15.9 Å². The van der Waals surface area contributed by atoms with Gasteiger partial charge in [0.2, 0.25) is 0 Å². The van der Waals surface area contributed by atoms with Crippen LogP contribution in [0.15, 0.2) is 21.7 Å². The molecule has 0 amide bonds. The molecule has 1 aliphatic rings. The highest BCUT2D eigenvalue weighted by molar-refractivity contribution is 9.10. The third-order valence-electron chi connectivity index (χ3n) is 1.75. The zero-order valence-corrected chi connectivity index (χ0v) is 7.65. The van der Waals surface area contributed by atoms with Crippen molar-refractivity contribution in [3.8, 4) is 0 Å². The van der Waals surface area contributed by atoms with Gasteiger partial charge in [0.05, 0.1) is 5.92 Å². The van der Waals surface area contributed by atoms with Crippen LogP contribution in [0.3, 0.4) is 0 Å². The lowest BCUT2D eigenvalue weighted by atomic mass is 10.1. The fourth-order valence-electron chi connectivity index (χ4n) is 1.18. The monoisotopic (exact) mass is 224 g/mol. The van der Waals surface area contributed by atoms with Gasteiger partial charge in [-0.2, -0.15) is 0 Å². The summed E-state index contributed by atoms with van der Waals surface area (Å²) in [7, 11) is 0. The van der Waals surface area contributed by atoms with Crippen molar-refractivity contribution in [2.75, 3.05) is 0 Å². The molecule has 2 heterocycles. The van der Waals surface area contributed by atoms with E-state index in [4.69, 9.17) is 0 Å². The number of pyridine rings is 1. The van der Waals surface area contributed by atoms with Gasteiger partial charge in [-0.25, -0.2) is 9.98 Å². The van der Waals surface area contributed by atoms with Crippen LogP contribution in [0.1, 0.15) is 11.5 Å². The lowest BCUT2D eigenvalue weighted by Crippen LogP contribution is -1.97. The average Bonchev–Trinajstić information content (AvgIpc) is 2.49. The van der Waals surface area contributed by atoms with Crippen molar-refractivity contribution >= 4 is 34.2 Å². The molecule has 4 heteroatoms. The largest absolute Gasteiger partial charge is 0.302 e. The third-order valence-corrected chi connectivity index (χ3v) is 2.44. The van der Waals surface area contributed by atoms with Gasteiger partial charge in [0.1, 0.15) is 6.29 Å². The molecule has 0 aliphatic carbocycles. The molecule has 1 aromatic rings. The van der Waals surface area contributed by atoms with Crippen LogP contribution in [-0.2, 0) is 4.79 Å². The van der Waals surface area contributed by atoms with Crippen LogP contribution in [-0.4, -0.2) is 17.5 Å². The van der Waals surface area contributed by atoms with Crippen LogP contribution < -0.4 is 0 Å². The Labute approximate surface area is 77.7 Å². The molecule has 1 aromatic heterocycles. The predicted molar refractivity (Wildman–Crippen MR) is 48.9 cm³/mol. The molecule has 1 atom stereocenters. The second kappa shape index (κ2) is 2.79. The highest BCUT2D eigenvalue weighted by Gasteiger charge is 2.21. The Hall–Kier alpha value is -1.03. The van der Waals surface area contributed by atoms with Crippen molar-refractivity contribution in [2.45, 2.75) is 5.92 Å². The van der Waals surface area contributed by atoms with Gasteiger partial charge in [-0.1, -0.05) is 15.9 Å². The number of nitrogens with zero attached hydrogens (tertiary/aromatic N) is 2. The maximum Gasteiger partial charge on any atom is 0.156 e. The van der Waals surface area contributed by atoms with Gasteiger partial charge in [0.15, 0.2) is 5.82 Å². The van der Waals surface area contributed by atoms with Gasteiger partial charge in [-0.15, -0.1) is 0 Å². The zero-order valence-electron chi connectivity index (χ0n) is 6.07. The van der Waals surface area contributed by atoms with Crippen LogP contribution in [0.25, 0.3) is 0 Å².